The van der Waals surface area contributed by atoms with E-state index >= 15 is 0 Å². The number of hydrogen-bond acceptors (Lipinski definition) is 9. The SMILES string of the molecule is CC/C=C\C/C=C\C/C=C\C=C\C(O)C/C=C\CCCC(=O)OC(COC(=O)CCCCCCC/C=C\C/C=C\CCCCC)COP(=O)([O-])OCC[N+](C)(C)C. The average molecular weight is 820 g/mol. The summed E-state index contributed by atoms with van der Waals surface area (Å²) in [5.41, 5.74) is 0. The molecule has 1 N–H and O–H groups in total. The van der Waals surface area contributed by atoms with Crippen molar-refractivity contribution in [1.82, 2.24) is 0 Å². The minimum absolute atomic E-state index is 0.0649. The van der Waals surface area contributed by atoms with Crippen molar-refractivity contribution in [2.75, 3.05) is 47.5 Å². The summed E-state index contributed by atoms with van der Waals surface area (Å²) in [7, 11) is 1.05. The molecule has 0 aliphatic rings. The number of carbonyl (C=O) groups is 2. The Morgan fingerprint density at radius 1 is 0.667 bits per heavy atom. The fourth-order valence-electron chi connectivity index (χ4n) is 5.10. The van der Waals surface area contributed by atoms with E-state index < -0.39 is 38.6 Å². The number of allylic oxidation sites excluding steroid dienone is 12. The molecule has 0 amide bonds. The Kier molecular flexibility index (Phi) is 35.6. The molecule has 326 valence electrons. The van der Waals surface area contributed by atoms with Crippen molar-refractivity contribution in [2.24, 2.45) is 0 Å². The number of unbranched alkanes of at least 4 members (excludes halogenated alkanes) is 9. The smallest absolute Gasteiger partial charge is 0.306 e. The minimum atomic E-state index is -4.67. The second-order valence-corrected chi connectivity index (χ2v) is 16.6. The molecule has 11 heteroatoms. The van der Waals surface area contributed by atoms with Crippen molar-refractivity contribution < 1.29 is 47.2 Å². The fourth-order valence-corrected chi connectivity index (χ4v) is 5.82. The zero-order chi connectivity index (χ0) is 42.3. The van der Waals surface area contributed by atoms with Crippen molar-refractivity contribution in [1.29, 1.82) is 0 Å². The lowest BCUT2D eigenvalue weighted by molar-refractivity contribution is -0.870. The van der Waals surface area contributed by atoms with Gasteiger partial charge in [-0.1, -0.05) is 131 Å². The first-order valence-electron chi connectivity index (χ1n) is 21.4. The van der Waals surface area contributed by atoms with Gasteiger partial charge in [0.15, 0.2) is 6.10 Å². The molecule has 0 aromatic rings. The molecule has 0 bridgehead atoms. The van der Waals surface area contributed by atoms with Gasteiger partial charge in [0.2, 0.25) is 0 Å². The first kappa shape index (κ1) is 54.2. The van der Waals surface area contributed by atoms with Crippen molar-refractivity contribution in [2.45, 2.75) is 148 Å². The molecule has 0 rings (SSSR count). The Morgan fingerprint density at radius 2 is 1.25 bits per heavy atom. The van der Waals surface area contributed by atoms with Crippen LogP contribution in [0.15, 0.2) is 85.1 Å². The summed E-state index contributed by atoms with van der Waals surface area (Å²) in [4.78, 5) is 37.5. The molecular formula is C46H78NO9P. The van der Waals surface area contributed by atoms with Gasteiger partial charge in [-0.25, -0.2) is 0 Å². The molecule has 0 radical (unpaired) electrons. The average Bonchev–Trinajstić information content (AvgIpc) is 3.15. The highest BCUT2D eigenvalue weighted by atomic mass is 31.2. The number of hydrogen-bond donors (Lipinski definition) is 1. The largest absolute Gasteiger partial charge is 0.756 e. The van der Waals surface area contributed by atoms with Crippen LogP contribution < -0.4 is 4.89 Å². The molecular weight excluding hydrogens is 741 g/mol. The third-order valence-electron chi connectivity index (χ3n) is 8.48. The van der Waals surface area contributed by atoms with Crippen LogP contribution in [-0.4, -0.2) is 81.2 Å². The van der Waals surface area contributed by atoms with Gasteiger partial charge in [0.1, 0.15) is 19.8 Å². The molecule has 0 saturated heterocycles. The first-order valence-corrected chi connectivity index (χ1v) is 22.9. The van der Waals surface area contributed by atoms with Crippen LogP contribution in [0.4, 0.5) is 0 Å². The molecule has 0 spiro atoms. The van der Waals surface area contributed by atoms with E-state index in [9.17, 15) is 24.2 Å². The molecule has 0 aliphatic carbocycles. The second-order valence-electron chi connectivity index (χ2n) is 15.2. The van der Waals surface area contributed by atoms with Gasteiger partial charge in [-0.3, -0.25) is 14.2 Å². The highest BCUT2D eigenvalue weighted by molar-refractivity contribution is 7.45. The van der Waals surface area contributed by atoms with Gasteiger partial charge in [-0.2, -0.15) is 0 Å². The van der Waals surface area contributed by atoms with Crippen LogP contribution in [0, 0.1) is 0 Å². The van der Waals surface area contributed by atoms with Crippen LogP contribution in [0.25, 0.3) is 0 Å². The number of nitrogens with zero attached hydrogens (tertiary/aromatic N) is 1. The number of phosphoric ester groups is 1. The molecule has 0 aliphatic heterocycles. The molecule has 0 fully saturated rings. The van der Waals surface area contributed by atoms with Gasteiger partial charge in [-0.15, -0.1) is 0 Å². The van der Waals surface area contributed by atoms with Gasteiger partial charge in [0.25, 0.3) is 7.82 Å². The summed E-state index contributed by atoms with van der Waals surface area (Å²) in [6, 6.07) is 0. The van der Waals surface area contributed by atoms with Crippen LogP contribution in [-0.2, 0) is 32.7 Å². The third-order valence-corrected chi connectivity index (χ3v) is 9.44. The molecule has 0 saturated carbocycles. The Balaban J connectivity index is 4.61. The van der Waals surface area contributed by atoms with E-state index in [1.807, 2.05) is 51.5 Å². The zero-order valence-electron chi connectivity index (χ0n) is 36.1. The van der Waals surface area contributed by atoms with E-state index in [0.717, 1.165) is 64.2 Å². The molecule has 10 nitrogen and oxygen atoms in total. The maximum absolute atomic E-state index is 12.7. The topological polar surface area (TPSA) is 131 Å². The maximum atomic E-state index is 12.7. The van der Waals surface area contributed by atoms with Crippen LogP contribution >= 0.6 is 7.82 Å². The van der Waals surface area contributed by atoms with Crippen LogP contribution in [0.3, 0.4) is 0 Å². The van der Waals surface area contributed by atoms with Gasteiger partial charge in [0.05, 0.1) is 33.9 Å². The van der Waals surface area contributed by atoms with Crippen LogP contribution in [0.2, 0.25) is 0 Å². The number of aliphatic hydroxyl groups excluding tert-OH is 1. The summed E-state index contributed by atoms with van der Waals surface area (Å²) >= 11 is 0. The lowest BCUT2D eigenvalue weighted by atomic mass is 10.1. The number of carbonyl (C=O) groups excluding carboxylic acids is 2. The lowest BCUT2D eigenvalue weighted by Crippen LogP contribution is -2.37. The number of esters is 2. The van der Waals surface area contributed by atoms with Gasteiger partial charge < -0.3 is 33.0 Å². The number of rotatable bonds is 37. The first-order chi connectivity index (χ1) is 27.4. The quantitative estimate of drug-likeness (QED) is 0.0162. The van der Waals surface area contributed by atoms with Crippen LogP contribution in [0.5, 0.6) is 0 Å². The highest BCUT2D eigenvalue weighted by Crippen LogP contribution is 2.38. The summed E-state index contributed by atoms with van der Waals surface area (Å²) in [6.07, 6.45) is 43.5. The maximum Gasteiger partial charge on any atom is 0.306 e. The summed E-state index contributed by atoms with van der Waals surface area (Å²) in [5, 5.41) is 10.2. The molecule has 3 atom stereocenters. The van der Waals surface area contributed by atoms with Crippen molar-refractivity contribution in [3.8, 4) is 0 Å². The van der Waals surface area contributed by atoms with E-state index in [1.165, 1.54) is 19.3 Å². The predicted octanol–water partition coefficient (Wildman–Crippen LogP) is 10.4. The number of aliphatic hydroxyl groups is 1. The highest BCUT2D eigenvalue weighted by Gasteiger charge is 2.21. The Labute approximate surface area is 346 Å². The molecule has 3 unspecified atom stereocenters. The Morgan fingerprint density at radius 3 is 1.93 bits per heavy atom. The Hall–Kier alpha value is -2.85. The molecule has 57 heavy (non-hydrogen) atoms. The standard InChI is InChI=1S/C46H78NO9P/c1-6-8-10-12-14-16-18-19-20-21-22-24-26-28-33-37-45(49)53-41-44(42-55-57(51,52)54-40-39-47(3,4)5)56-46(50)38-34-30-29-32-36-43(48)35-31-27-25-23-17-15-13-11-9-7-2/h9,11,14-17,19-20,25,27,29,31-32,35,43-44,48H,6-8,10,12-13,18,21-24,26,28,30,33-34,36-42H2,1-5H3/b11-9-,16-14-,17-15-,20-19-,27-25-,32-29-,35-31+. The van der Waals surface area contributed by atoms with Crippen LogP contribution in [0.1, 0.15) is 136 Å². The van der Waals surface area contributed by atoms with E-state index in [0.29, 0.717) is 36.7 Å². The number of phosphoric acid groups is 1. The molecule has 0 aromatic carbocycles. The van der Waals surface area contributed by atoms with Gasteiger partial charge in [-0.05, 0) is 77.0 Å². The normalized spacial score (nSPS) is 15.0. The number of likely N-dealkylation sites (N-methyl/N-ethyl adjacent to an activating group) is 1. The number of quaternary nitrogens is 1. The van der Waals surface area contributed by atoms with E-state index in [-0.39, 0.29) is 26.1 Å². The number of ether oxygens (including phenoxy) is 2. The predicted molar refractivity (Wildman–Crippen MR) is 232 cm³/mol. The molecule has 0 heterocycles. The van der Waals surface area contributed by atoms with E-state index in [4.69, 9.17) is 18.5 Å². The van der Waals surface area contributed by atoms with Gasteiger partial charge in [0, 0.05) is 12.8 Å². The lowest BCUT2D eigenvalue weighted by Gasteiger charge is -2.28. The fraction of sp³-hybridized carbons (Fsp3) is 0.652. The van der Waals surface area contributed by atoms with Crippen molar-refractivity contribution in [3.05, 3.63) is 85.1 Å². The van der Waals surface area contributed by atoms with Crippen molar-refractivity contribution in [3.63, 3.8) is 0 Å². The minimum Gasteiger partial charge on any atom is -0.756 e. The second kappa shape index (κ2) is 37.4. The summed E-state index contributed by atoms with van der Waals surface area (Å²) < 4.78 is 33.7. The molecule has 0 aromatic heterocycles. The van der Waals surface area contributed by atoms with Gasteiger partial charge >= 0.3 is 11.9 Å². The monoisotopic (exact) mass is 820 g/mol. The third kappa shape index (κ3) is 41.1. The Bertz CT molecular complexity index is 1260. The summed E-state index contributed by atoms with van der Waals surface area (Å²) in [5.74, 6) is -0.997. The van der Waals surface area contributed by atoms with E-state index in [1.54, 1.807) is 6.08 Å². The van der Waals surface area contributed by atoms with Crippen molar-refractivity contribution >= 4 is 19.8 Å². The van der Waals surface area contributed by atoms with E-state index in [2.05, 4.69) is 62.5 Å². The zero-order valence-corrected chi connectivity index (χ0v) is 37.0. The summed E-state index contributed by atoms with van der Waals surface area (Å²) in [6.45, 7) is 3.86.